The van der Waals surface area contributed by atoms with Crippen LogP contribution in [0.15, 0.2) is 12.1 Å². The van der Waals surface area contributed by atoms with Crippen molar-refractivity contribution in [3.63, 3.8) is 0 Å². The molecule has 0 bridgehead atoms. The molecular formula is C17H30N2O2. The van der Waals surface area contributed by atoms with E-state index in [2.05, 4.69) is 31.1 Å². The van der Waals surface area contributed by atoms with E-state index in [0.717, 1.165) is 49.7 Å². The highest BCUT2D eigenvalue weighted by Crippen LogP contribution is 2.16. The van der Waals surface area contributed by atoms with Crippen LogP contribution < -0.4 is 10.1 Å². The van der Waals surface area contributed by atoms with Gasteiger partial charge >= 0.3 is 0 Å². The summed E-state index contributed by atoms with van der Waals surface area (Å²) < 4.78 is 11.4. The molecule has 120 valence electrons. The number of pyridine rings is 1. The Labute approximate surface area is 129 Å². The van der Waals surface area contributed by atoms with Crippen LogP contribution in [0.1, 0.15) is 45.0 Å². The summed E-state index contributed by atoms with van der Waals surface area (Å²) >= 11 is 0. The van der Waals surface area contributed by atoms with Gasteiger partial charge in [-0.2, -0.15) is 0 Å². The predicted octanol–water partition coefficient (Wildman–Crippen LogP) is 3.33. The lowest BCUT2D eigenvalue weighted by Gasteiger charge is -2.12. The number of hydrogen-bond donors (Lipinski definition) is 1. The van der Waals surface area contributed by atoms with Crippen LogP contribution in [-0.4, -0.2) is 31.3 Å². The fourth-order valence-electron chi connectivity index (χ4n) is 1.87. The fraction of sp³-hybridized carbons (Fsp3) is 0.706. The lowest BCUT2D eigenvalue weighted by atomic mass is 10.1. The van der Waals surface area contributed by atoms with E-state index in [9.17, 15) is 0 Å². The molecule has 0 radical (unpaired) electrons. The van der Waals surface area contributed by atoms with Crippen molar-refractivity contribution in [3.8, 4) is 5.75 Å². The Balaban J connectivity index is 2.35. The highest BCUT2D eigenvalue weighted by molar-refractivity contribution is 5.29. The van der Waals surface area contributed by atoms with Gasteiger partial charge in [-0.15, -0.1) is 0 Å². The van der Waals surface area contributed by atoms with Gasteiger partial charge in [-0.05, 0) is 44.4 Å². The molecular weight excluding hydrogens is 264 g/mol. The van der Waals surface area contributed by atoms with E-state index in [0.29, 0.717) is 19.1 Å². The van der Waals surface area contributed by atoms with Crippen molar-refractivity contribution in [2.24, 2.45) is 5.92 Å². The average molecular weight is 294 g/mol. The third-order valence-electron chi connectivity index (χ3n) is 3.12. The summed E-state index contributed by atoms with van der Waals surface area (Å²) in [6, 6.07) is 3.98. The molecule has 0 saturated carbocycles. The van der Waals surface area contributed by atoms with Gasteiger partial charge in [0.1, 0.15) is 12.4 Å². The van der Waals surface area contributed by atoms with Crippen molar-refractivity contribution in [2.45, 2.75) is 47.1 Å². The summed E-state index contributed by atoms with van der Waals surface area (Å²) in [5.74, 6) is 1.54. The summed E-state index contributed by atoms with van der Waals surface area (Å²) in [6.07, 6.45) is 2.21. The average Bonchev–Trinajstić information content (AvgIpc) is 2.44. The molecule has 0 amide bonds. The summed E-state index contributed by atoms with van der Waals surface area (Å²) in [5, 5.41) is 3.37. The number of aromatic nitrogens is 1. The van der Waals surface area contributed by atoms with E-state index in [1.54, 1.807) is 0 Å². The molecule has 0 atom stereocenters. The Kier molecular flexibility index (Phi) is 9.02. The van der Waals surface area contributed by atoms with Crippen LogP contribution in [0.2, 0.25) is 0 Å². The quantitative estimate of drug-likeness (QED) is 0.636. The Morgan fingerprint density at radius 2 is 2.00 bits per heavy atom. The van der Waals surface area contributed by atoms with E-state index >= 15 is 0 Å². The minimum Gasteiger partial charge on any atom is -0.489 e. The maximum atomic E-state index is 5.80. The number of rotatable bonds is 11. The van der Waals surface area contributed by atoms with Gasteiger partial charge in [0.25, 0.3) is 0 Å². The monoisotopic (exact) mass is 294 g/mol. The van der Waals surface area contributed by atoms with E-state index in [4.69, 9.17) is 9.47 Å². The summed E-state index contributed by atoms with van der Waals surface area (Å²) in [4.78, 5) is 4.55. The second kappa shape index (κ2) is 10.6. The highest BCUT2D eigenvalue weighted by atomic mass is 16.5. The van der Waals surface area contributed by atoms with Crippen LogP contribution in [0.3, 0.4) is 0 Å². The molecule has 0 aliphatic carbocycles. The molecule has 0 saturated heterocycles. The number of aryl methyl sites for hydroxylation is 1. The SMILES string of the molecule is CCCNCc1nc(C)ccc1OCCOCCC(C)C. The Hall–Kier alpha value is -1.13. The minimum absolute atomic E-state index is 0.573. The first-order valence-electron chi connectivity index (χ1n) is 8.01. The lowest BCUT2D eigenvalue weighted by Crippen LogP contribution is -2.17. The van der Waals surface area contributed by atoms with Crippen molar-refractivity contribution in [1.29, 1.82) is 0 Å². The fourth-order valence-corrected chi connectivity index (χ4v) is 1.87. The molecule has 0 unspecified atom stereocenters. The van der Waals surface area contributed by atoms with Crippen molar-refractivity contribution in [3.05, 3.63) is 23.5 Å². The van der Waals surface area contributed by atoms with Gasteiger partial charge in [-0.1, -0.05) is 20.8 Å². The minimum atomic E-state index is 0.573. The van der Waals surface area contributed by atoms with E-state index in [1.807, 2.05) is 19.1 Å². The second-order valence-corrected chi connectivity index (χ2v) is 5.72. The molecule has 0 fully saturated rings. The standard InChI is InChI=1S/C17H30N2O2/c1-5-9-18-13-16-17(7-6-15(4)19-16)21-12-11-20-10-8-14(2)3/h6-7,14,18H,5,8-13H2,1-4H3. The molecule has 1 aromatic rings. The highest BCUT2D eigenvalue weighted by Gasteiger charge is 2.05. The largest absolute Gasteiger partial charge is 0.489 e. The van der Waals surface area contributed by atoms with E-state index < -0.39 is 0 Å². The van der Waals surface area contributed by atoms with Crippen molar-refractivity contribution in [2.75, 3.05) is 26.4 Å². The molecule has 0 aromatic carbocycles. The summed E-state index contributed by atoms with van der Waals surface area (Å²) in [7, 11) is 0. The van der Waals surface area contributed by atoms with Crippen LogP contribution in [0.25, 0.3) is 0 Å². The molecule has 1 N–H and O–H groups in total. The normalized spacial score (nSPS) is 11.1. The van der Waals surface area contributed by atoms with Crippen molar-refractivity contribution in [1.82, 2.24) is 10.3 Å². The summed E-state index contributed by atoms with van der Waals surface area (Å²) in [6.45, 7) is 12.3. The molecule has 0 aliphatic rings. The van der Waals surface area contributed by atoms with Crippen molar-refractivity contribution >= 4 is 0 Å². The molecule has 1 aromatic heterocycles. The first-order valence-corrected chi connectivity index (χ1v) is 8.01. The van der Waals surface area contributed by atoms with Gasteiger partial charge in [0.15, 0.2) is 0 Å². The number of nitrogens with zero attached hydrogens (tertiary/aromatic N) is 1. The van der Waals surface area contributed by atoms with Gasteiger partial charge in [-0.25, -0.2) is 0 Å². The Bertz CT molecular complexity index is 394. The molecule has 4 nitrogen and oxygen atoms in total. The van der Waals surface area contributed by atoms with Gasteiger partial charge in [0.05, 0.1) is 12.3 Å². The summed E-state index contributed by atoms with van der Waals surface area (Å²) in [5.41, 5.74) is 1.99. The zero-order valence-electron chi connectivity index (χ0n) is 13.9. The third-order valence-corrected chi connectivity index (χ3v) is 3.12. The third kappa shape index (κ3) is 8.02. The molecule has 0 aliphatic heterocycles. The van der Waals surface area contributed by atoms with Gasteiger partial charge in [-0.3, -0.25) is 4.98 Å². The molecule has 0 spiro atoms. The number of nitrogens with one attached hydrogen (secondary N) is 1. The molecule has 1 rings (SSSR count). The van der Waals surface area contributed by atoms with E-state index in [1.165, 1.54) is 0 Å². The Morgan fingerprint density at radius 1 is 1.19 bits per heavy atom. The molecule has 21 heavy (non-hydrogen) atoms. The molecule has 4 heteroatoms. The predicted molar refractivity (Wildman–Crippen MR) is 86.7 cm³/mol. The zero-order chi connectivity index (χ0) is 15.5. The smallest absolute Gasteiger partial charge is 0.142 e. The second-order valence-electron chi connectivity index (χ2n) is 5.72. The first kappa shape index (κ1) is 17.9. The maximum Gasteiger partial charge on any atom is 0.142 e. The number of hydrogen-bond acceptors (Lipinski definition) is 4. The molecule has 1 heterocycles. The van der Waals surface area contributed by atoms with E-state index in [-0.39, 0.29) is 0 Å². The lowest BCUT2D eigenvalue weighted by molar-refractivity contribution is 0.0921. The van der Waals surface area contributed by atoms with Gasteiger partial charge in [0, 0.05) is 18.8 Å². The topological polar surface area (TPSA) is 43.4 Å². The van der Waals surface area contributed by atoms with Crippen LogP contribution in [-0.2, 0) is 11.3 Å². The van der Waals surface area contributed by atoms with Gasteiger partial charge in [0.2, 0.25) is 0 Å². The Morgan fingerprint density at radius 3 is 2.71 bits per heavy atom. The van der Waals surface area contributed by atoms with Crippen LogP contribution in [0.4, 0.5) is 0 Å². The van der Waals surface area contributed by atoms with Crippen molar-refractivity contribution < 1.29 is 9.47 Å². The van der Waals surface area contributed by atoms with Crippen LogP contribution >= 0.6 is 0 Å². The zero-order valence-corrected chi connectivity index (χ0v) is 13.9. The first-order chi connectivity index (χ1) is 10.1. The van der Waals surface area contributed by atoms with Gasteiger partial charge < -0.3 is 14.8 Å². The maximum absolute atomic E-state index is 5.80. The van der Waals surface area contributed by atoms with Crippen LogP contribution in [0.5, 0.6) is 5.75 Å². The van der Waals surface area contributed by atoms with Crippen LogP contribution in [0, 0.1) is 12.8 Å². The number of ether oxygens (including phenoxy) is 2.